The van der Waals surface area contributed by atoms with Crippen molar-refractivity contribution in [2.24, 2.45) is 0 Å². The molecule has 0 fully saturated rings. The molecule has 6 heteroatoms. The first-order valence-corrected chi connectivity index (χ1v) is 33.7. The number of unbranched alkanes of at least 4 members (excludes halogenated alkanes) is 50. The molecule has 6 nitrogen and oxygen atoms in total. The lowest BCUT2D eigenvalue weighted by atomic mass is 10.0. The summed E-state index contributed by atoms with van der Waals surface area (Å²) >= 11 is 0. The Balaban J connectivity index is 4.22. The fraction of sp³-hybridized carbons (Fsp3) is 0.926. The van der Waals surface area contributed by atoms with E-state index in [1.165, 1.54) is 289 Å². The lowest BCUT2D eigenvalue weighted by Gasteiger charge is -2.18. The van der Waals surface area contributed by atoms with E-state index >= 15 is 0 Å². The van der Waals surface area contributed by atoms with Gasteiger partial charge in [0.2, 0.25) is 0 Å². The number of esters is 3. The monoisotopic (exact) mass is 1040 g/mol. The van der Waals surface area contributed by atoms with E-state index in [1.54, 1.807) is 0 Å². The van der Waals surface area contributed by atoms with E-state index < -0.39 is 6.10 Å². The number of allylic oxidation sites excluding steroid dienone is 2. The molecule has 0 rings (SSSR count). The smallest absolute Gasteiger partial charge is 0.306 e. The van der Waals surface area contributed by atoms with E-state index in [-0.39, 0.29) is 31.1 Å². The summed E-state index contributed by atoms with van der Waals surface area (Å²) < 4.78 is 17.0. The van der Waals surface area contributed by atoms with Crippen LogP contribution < -0.4 is 0 Å². The quantitative estimate of drug-likeness (QED) is 0.0261. The molecule has 0 heterocycles. The number of rotatable bonds is 63. The molecule has 0 amide bonds. The van der Waals surface area contributed by atoms with E-state index in [0.717, 1.165) is 57.8 Å². The number of carbonyl (C=O) groups is 3. The predicted molar refractivity (Wildman–Crippen MR) is 321 cm³/mol. The zero-order chi connectivity index (χ0) is 53.6. The summed E-state index contributed by atoms with van der Waals surface area (Å²) in [5, 5.41) is 0. The van der Waals surface area contributed by atoms with Gasteiger partial charge in [-0.1, -0.05) is 335 Å². The van der Waals surface area contributed by atoms with E-state index in [4.69, 9.17) is 14.2 Å². The molecule has 0 aliphatic rings. The molecule has 0 radical (unpaired) electrons. The van der Waals surface area contributed by atoms with E-state index in [0.29, 0.717) is 19.3 Å². The van der Waals surface area contributed by atoms with Crippen LogP contribution in [0.15, 0.2) is 12.2 Å². The molecular formula is C68H130O6. The molecule has 0 aromatic heterocycles. The summed E-state index contributed by atoms with van der Waals surface area (Å²) in [6.45, 7) is 6.72. The van der Waals surface area contributed by atoms with Gasteiger partial charge in [-0.25, -0.2) is 0 Å². The van der Waals surface area contributed by atoms with Gasteiger partial charge in [0.05, 0.1) is 0 Å². The zero-order valence-corrected chi connectivity index (χ0v) is 50.4. The fourth-order valence-corrected chi connectivity index (χ4v) is 10.4. The van der Waals surface area contributed by atoms with Crippen molar-refractivity contribution in [1.29, 1.82) is 0 Å². The molecule has 0 saturated carbocycles. The summed E-state index contributed by atoms with van der Waals surface area (Å²) in [5.41, 5.74) is 0. The van der Waals surface area contributed by atoms with Crippen LogP contribution in [-0.4, -0.2) is 37.2 Å². The van der Waals surface area contributed by atoms with Crippen LogP contribution in [0.5, 0.6) is 0 Å². The van der Waals surface area contributed by atoms with Crippen LogP contribution in [0.1, 0.15) is 387 Å². The molecule has 1 unspecified atom stereocenters. The third-order valence-corrected chi connectivity index (χ3v) is 15.5. The zero-order valence-electron chi connectivity index (χ0n) is 50.4. The van der Waals surface area contributed by atoms with E-state index in [1.807, 2.05) is 0 Å². The van der Waals surface area contributed by atoms with Gasteiger partial charge >= 0.3 is 17.9 Å². The van der Waals surface area contributed by atoms with Gasteiger partial charge in [0.1, 0.15) is 13.2 Å². The first-order chi connectivity index (χ1) is 36.5. The molecule has 0 spiro atoms. The van der Waals surface area contributed by atoms with Gasteiger partial charge in [-0.05, 0) is 44.9 Å². The van der Waals surface area contributed by atoms with Crippen molar-refractivity contribution in [3.63, 3.8) is 0 Å². The summed E-state index contributed by atoms with van der Waals surface area (Å²) in [6, 6.07) is 0. The SMILES string of the molecule is CCCCCCCCCC/C=C\CCCCCCCCCCCCCCCC(=O)OCC(COC(=O)CCCCCCCCCCCCCCCCC)OC(=O)CCCCCCCCCCCCCCCCCC. The molecule has 0 saturated heterocycles. The number of hydrogen-bond acceptors (Lipinski definition) is 6. The van der Waals surface area contributed by atoms with Crippen molar-refractivity contribution in [2.75, 3.05) is 13.2 Å². The normalized spacial score (nSPS) is 12.0. The van der Waals surface area contributed by atoms with Crippen molar-refractivity contribution >= 4 is 17.9 Å². The van der Waals surface area contributed by atoms with E-state index in [9.17, 15) is 14.4 Å². The van der Waals surface area contributed by atoms with Gasteiger partial charge < -0.3 is 14.2 Å². The predicted octanol–water partition coefficient (Wildman–Crippen LogP) is 22.8. The Hall–Kier alpha value is -1.85. The lowest BCUT2D eigenvalue weighted by molar-refractivity contribution is -0.167. The Kier molecular flexibility index (Phi) is 62.1. The molecule has 0 aromatic rings. The maximum absolute atomic E-state index is 12.9. The number of ether oxygens (including phenoxy) is 3. The second-order valence-corrected chi connectivity index (χ2v) is 23.1. The maximum atomic E-state index is 12.9. The third kappa shape index (κ3) is 61.0. The first kappa shape index (κ1) is 72.2. The molecule has 0 aliphatic heterocycles. The summed E-state index contributed by atoms with van der Waals surface area (Å²) in [4.78, 5) is 38.3. The highest BCUT2D eigenvalue weighted by Gasteiger charge is 2.19. The number of hydrogen-bond donors (Lipinski definition) is 0. The van der Waals surface area contributed by atoms with Gasteiger partial charge in [-0.2, -0.15) is 0 Å². The Morgan fingerprint density at radius 1 is 0.257 bits per heavy atom. The molecule has 0 aromatic carbocycles. The van der Waals surface area contributed by atoms with Crippen molar-refractivity contribution < 1.29 is 28.6 Å². The lowest BCUT2D eigenvalue weighted by Crippen LogP contribution is -2.30. The van der Waals surface area contributed by atoms with Gasteiger partial charge in [0.15, 0.2) is 6.10 Å². The highest BCUT2D eigenvalue weighted by Crippen LogP contribution is 2.18. The second-order valence-electron chi connectivity index (χ2n) is 23.1. The maximum Gasteiger partial charge on any atom is 0.306 e. The van der Waals surface area contributed by atoms with Crippen LogP contribution >= 0.6 is 0 Å². The molecular weight excluding hydrogens is 913 g/mol. The number of carbonyl (C=O) groups excluding carboxylic acids is 3. The van der Waals surface area contributed by atoms with Gasteiger partial charge in [-0.15, -0.1) is 0 Å². The van der Waals surface area contributed by atoms with Crippen molar-refractivity contribution in [2.45, 2.75) is 393 Å². The van der Waals surface area contributed by atoms with Crippen LogP contribution in [-0.2, 0) is 28.6 Å². The molecule has 0 N–H and O–H groups in total. The third-order valence-electron chi connectivity index (χ3n) is 15.5. The Morgan fingerprint density at radius 2 is 0.446 bits per heavy atom. The minimum Gasteiger partial charge on any atom is -0.462 e. The van der Waals surface area contributed by atoms with Crippen LogP contribution in [0.25, 0.3) is 0 Å². The van der Waals surface area contributed by atoms with Crippen LogP contribution in [0.2, 0.25) is 0 Å². The minimum absolute atomic E-state index is 0.0626. The topological polar surface area (TPSA) is 78.9 Å². The van der Waals surface area contributed by atoms with Crippen LogP contribution in [0, 0.1) is 0 Å². The first-order valence-electron chi connectivity index (χ1n) is 33.7. The highest BCUT2D eigenvalue weighted by molar-refractivity contribution is 5.71. The largest absolute Gasteiger partial charge is 0.462 e. The Morgan fingerprint density at radius 3 is 0.676 bits per heavy atom. The van der Waals surface area contributed by atoms with Crippen molar-refractivity contribution in [3.05, 3.63) is 12.2 Å². The standard InChI is InChI=1S/C68H130O6/c1-4-7-10-13-16-19-22-25-28-30-31-32-33-34-35-36-37-38-41-43-46-49-52-55-58-61-67(70)73-64-65(63-72-66(69)60-57-54-51-48-45-42-39-27-24-21-18-15-12-9-6-3)74-68(71)62-59-56-53-50-47-44-40-29-26-23-20-17-14-11-8-5-2/h30-31,65H,4-29,32-64H2,1-3H3/b31-30-. The van der Waals surface area contributed by atoms with Gasteiger partial charge in [0.25, 0.3) is 0 Å². The molecule has 0 bridgehead atoms. The minimum atomic E-state index is -0.765. The van der Waals surface area contributed by atoms with E-state index in [2.05, 4.69) is 32.9 Å². The molecule has 0 aliphatic carbocycles. The van der Waals surface area contributed by atoms with Crippen molar-refractivity contribution in [1.82, 2.24) is 0 Å². The Bertz CT molecular complexity index is 1150. The van der Waals surface area contributed by atoms with Gasteiger partial charge in [0, 0.05) is 19.3 Å². The fourth-order valence-electron chi connectivity index (χ4n) is 10.4. The van der Waals surface area contributed by atoms with Crippen molar-refractivity contribution in [3.8, 4) is 0 Å². The molecule has 1 atom stereocenters. The summed E-state index contributed by atoms with van der Waals surface area (Å²) in [6.07, 6.45) is 75.1. The molecule has 438 valence electrons. The van der Waals surface area contributed by atoms with Crippen LogP contribution in [0.4, 0.5) is 0 Å². The second kappa shape index (κ2) is 63.7. The Labute approximate surface area is 462 Å². The highest BCUT2D eigenvalue weighted by atomic mass is 16.6. The van der Waals surface area contributed by atoms with Crippen LogP contribution in [0.3, 0.4) is 0 Å². The summed E-state index contributed by atoms with van der Waals surface area (Å²) in [7, 11) is 0. The van der Waals surface area contributed by atoms with Gasteiger partial charge in [-0.3, -0.25) is 14.4 Å². The molecule has 74 heavy (non-hydrogen) atoms. The average Bonchev–Trinajstić information content (AvgIpc) is 3.40. The summed E-state index contributed by atoms with van der Waals surface area (Å²) in [5.74, 6) is -0.829. The average molecular weight is 1040 g/mol.